The second kappa shape index (κ2) is 5.00. The number of benzene rings is 1. The first kappa shape index (κ1) is 13.8. The van der Waals surface area contributed by atoms with Gasteiger partial charge in [-0.3, -0.25) is 0 Å². The van der Waals surface area contributed by atoms with Crippen molar-refractivity contribution in [3.05, 3.63) is 36.0 Å². The van der Waals surface area contributed by atoms with Gasteiger partial charge >= 0.3 is 5.97 Å². The first-order chi connectivity index (χ1) is 9.96. The molecule has 5 nitrogen and oxygen atoms in total. The van der Waals surface area contributed by atoms with Gasteiger partial charge in [-0.2, -0.15) is 0 Å². The maximum absolute atomic E-state index is 11.3. The summed E-state index contributed by atoms with van der Waals surface area (Å²) in [7, 11) is 0. The standard InChI is InChI=1S/C16H18N2O3/c1-16(21)6-8-18(9-7-16)14-10-13(15(19)20)17-12-5-3-2-4-11(12)14/h2-5,10,21H,6-9H2,1H3,(H,19,20). The van der Waals surface area contributed by atoms with Crippen molar-refractivity contribution in [1.29, 1.82) is 0 Å². The van der Waals surface area contributed by atoms with Gasteiger partial charge < -0.3 is 15.1 Å². The Hall–Kier alpha value is -2.14. The third-order valence-electron chi connectivity index (χ3n) is 4.09. The molecule has 0 radical (unpaired) electrons. The molecule has 1 saturated heterocycles. The number of carboxylic acids is 1. The van der Waals surface area contributed by atoms with Gasteiger partial charge in [-0.25, -0.2) is 9.78 Å². The topological polar surface area (TPSA) is 73.7 Å². The summed E-state index contributed by atoms with van der Waals surface area (Å²) in [6.07, 6.45) is 1.35. The summed E-state index contributed by atoms with van der Waals surface area (Å²) in [5.74, 6) is -1.02. The zero-order valence-corrected chi connectivity index (χ0v) is 11.9. The lowest BCUT2D eigenvalue weighted by Crippen LogP contribution is -2.42. The molecular formula is C16H18N2O3. The maximum Gasteiger partial charge on any atom is 0.354 e. The molecule has 2 N–H and O–H groups in total. The molecule has 1 aromatic heterocycles. The monoisotopic (exact) mass is 286 g/mol. The Bertz CT molecular complexity index is 687. The van der Waals surface area contributed by atoms with E-state index in [0.717, 1.165) is 11.1 Å². The molecule has 110 valence electrons. The lowest BCUT2D eigenvalue weighted by atomic mass is 9.93. The summed E-state index contributed by atoms with van der Waals surface area (Å²) in [6.45, 7) is 3.26. The average Bonchev–Trinajstić information content (AvgIpc) is 2.46. The number of hydrogen-bond donors (Lipinski definition) is 2. The third kappa shape index (κ3) is 2.69. The van der Waals surface area contributed by atoms with Crippen molar-refractivity contribution in [3.8, 4) is 0 Å². The number of hydrogen-bond acceptors (Lipinski definition) is 4. The van der Waals surface area contributed by atoms with Crippen LogP contribution >= 0.6 is 0 Å². The zero-order valence-electron chi connectivity index (χ0n) is 11.9. The summed E-state index contributed by atoms with van der Waals surface area (Å²) >= 11 is 0. The number of fused-ring (bicyclic) bond motifs is 1. The van der Waals surface area contributed by atoms with Gasteiger partial charge in [0.1, 0.15) is 0 Å². The molecule has 1 aromatic carbocycles. The molecule has 1 aliphatic heterocycles. The number of pyridine rings is 1. The van der Waals surface area contributed by atoms with Gasteiger partial charge in [0.15, 0.2) is 5.69 Å². The minimum Gasteiger partial charge on any atom is -0.477 e. The largest absolute Gasteiger partial charge is 0.477 e. The molecule has 1 aliphatic rings. The lowest BCUT2D eigenvalue weighted by molar-refractivity contribution is 0.0351. The van der Waals surface area contributed by atoms with Crippen LogP contribution in [-0.4, -0.2) is 39.9 Å². The summed E-state index contributed by atoms with van der Waals surface area (Å²) in [4.78, 5) is 17.6. The Labute approximate surface area is 122 Å². The van der Waals surface area contributed by atoms with Crippen LogP contribution in [0.3, 0.4) is 0 Å². The molecule has 21 heavy (non-hydrogen) atoms. The Morgan fingerprint density at radius 2 is 1.95 bits per heavy atom. The van der Waals surface area contributed by atoms with Crippen molar-refractivity contribution in [2.45, 2.75) is 25.4 Å². The van der Waals surface area contributed by atoms with Crippen molar-refractivity contribution >= 4 is 22.6 Å². The highest BCUT2D eigenvalue weighted by molar-refractivity contribution is 5.97. The van der Waals surface area contributed by atoms with E-state index in [0.29, 0.717) is 31.4 Å². The highest BCUT2D eigenvalue weighted by Crippen LogP contribution is 2.31. The van der Waals surface area contributed by atoms with Gasteiger partial charge in [0.2, 0.25) is 0 Å². The summed E-state index contributed by atoms with van der Waals surface area (Å²) in [5, 5.41) is 20.2. The number of aliphatic hydroxyl groups is 1. The Balaban J connectivity index is 2.06. The molecule has 1 fully saturated rings. The molecule has 0 amide bonds. The van der Waals surface area contributed by atoms with Crippen molar-refractivity contribution in [2.75, 3.05) is 18.0 Å². The molecule has 5 heteroatoms. The predicted molar refractivity (Wildman–Crippen MR) is 80.8 cm³/mol. The summed E-state index contributed by atoms with van der Waals surface area (Å²) in [5.41, 5.74) is 0.994. The fourth-order valence-corrected chi connectivity index (χ4v) is 2.76. The van der Waals surface area contributed by atoms with Crippen LogP contribution in [0.25, 0.3) is 10.9 Å². The first-order valence-corrected chi connectivity index (χ1v) is 7.07. The van der Waals surface area contributed by atoms with Gasteiger partial charge in [0, 0.05) is 24.2 Å². The van der Waals surface area contributed by atoms with Gasteiger partial charge in [0.05, 0.1) is 11.1 Å². The molecular weight excluding hydrogens is 268 g/mol. The molecule has 0 spiro atoms. The van der Waals surface area contributed by atoms with Gasteiger partial charge in [-0.1, -0.05) is 18.2 Å². The molecule has 0 unspecified atom stereocenters. The van der Waals surface area contributed by atoms with E-state index in [-0.39, 0.29) is 5.69 Å². The van der Waals surface area contributed by atoms with Crippen LogP contribution in [0.15, 0.2) is 30.3 Å². The van der Waals surface area contributed by atoms with E-state index in [1.807, 2.05) is 31.2 Å². The number of para-hydroxylation sites is 1. The number of anilines is 1. The van der Waals surface area contributed by atoms with Crippen molar-refractivity contribution in [1.82, 2.24) is 4.98 Å². The average molecular weight is 286 g/mol. The predicted octanol–water partition coefficient (Wildman–Crippen LogP) is 2.28. The van der Waals surface area contributed by atoms with E-state index in [4.69, 9.17) is 0 Å². The normalized spacial score (nSPS) is 17.9. The zero-order chi connectivity index (χ0) is 15.0. The first-order valence-electron chi connectivity index (χ1n) is 7.07. The van der Waals surface area contributed by atoms with Crippen LogP contribution in [0.4, 0.5) is 5.69 Å². The number of nitrogens with zero attached hydrogens (tertiary/aromatic N) is 2. The number of rotatable bonds is 2. The van der Waals surface area contributed by atoms with Crippen molar-refractivity contribution in [2.24, 2.45) is 0 Å². The second-order valence-electron chi connectivity index (χ2n) is 5.83. The van der Waals surface area contributed by atoms with Gasteiger partial charge in [-0.15, -0.1) is 0 Å². The molecule has 2 heterocycles. The van der Waals surface area contributed by atoms with Crippen LogP contribution in [0.2, 0.25) is 0 Å². The van der Waals surface area contributed by atoms with Crippen molar-refractivity contribution in [3.63, 3.8) is 0 Å². The Morgan fingerprint density at radius 3 is 2.62 bits per heavy atom. The SMILES string of the molecule is CC1(O)CCN(c2cc(C(=O)O)nc3ccccc23)CC1. The number of piperidine rings is 1. The van der Waals surface area contributed by atoms with E-state index in [1.54, 1.807) is 6.07 Å². The van der Waals surface area contributed by atoms with Crippen LogP contribution in [-0.2, 0) is 0 Å². The van der Waals surface area contributed by atoms with E-state index < -0.39 is 11.6 Å². The highest BCUT2D eigenvalue weighted by Gasteiger charge is 2.28. The number of aromatic carboxylic acids is 1. The van der Waals surface area contributed by atoms with Crippen LogP contribution in [0.1, 0.15) is 30.3 Å². The summed E-state index contributed by atoms with van der Waals surface area (Å²) in [6, 6.07) is 9.19. The number of aromatic nitrogens is 1. The van der Waals surface area contributed by atoms with Gasteiger partial charge in [-0.05, 0) is 31.9 Å². The maximum atomic E-state index is 11.3. The van der Waals surface area contributed by atoms with Crippen LogP contribution in [0.5, 0.6) is 0 Å². The Morgan fingerprint density at radius 1 is 1.29 bits per heavy atom. The van der Waals surface area contributed by atoms with Crippen LogP contribution in [0, 0.1) is 0 Å². The number of carbonyl (C=O) groups is 1. The third-order valence-corrected chi connectivity index (χ3v) is 4.09. The molecule has 0 saturated carbocycles. The van der Waals surface area contributed by atoms with Crippen molar-refractivity contribution < 1.29 is 15.0 Å². The van der Waals surface area contributed by atoms with E-state index in [1.165, 1.54) is 0 Å². The fourth-order valence-electron chi connectivity index (χ4n) is 2.76. The lowest BCUT2D eigenvalue weighted by Gasteiger charge is -2.37. The van der Waals surface area contributed by atoms with E-state index >= 15 is 0 Å². The molecule has 0 aliphatic carbocycles. The molecule has 3 rings (SSSR count). The van der Waals surface area contributed by atoms with Gasteiger partial charge in [0.25, 0.3) is 0 Å². The van der Waals surface area contributed by atoms with E-state index in [2.05, 4.69) is 9.88 Å². The Kier molecular flexibility index (Phi) is 3.29. The molecule has 0 bridgehead atoms. The fraction of sp³-hybridized carbons (Fsp3) is 0.375. The minimum absolute atomic E-state index is 0.0565. The summed E-state index contributed by atoms with van der Waals surface area (Å²) < 4.78 is 0. The number of carboxylic acid groups (broad SMARTS) is 1. The highest BCUT2D eigenvalue weighted by atomic mass is 16.4. The minimum atomic E-state index is -1.02. The molecule has 0 atom stereocenters. The quantitative estimate of drug-likeness (QED) is 0.886. The smallest absolute Gasteiger partial charge is 0.354 e. The van der Waals surface area contributed by atoms with Crippen LogP contribution < -0.4 is 4.90 Å². The second-order valence-corrected chi connectivity index (χ2v) is 5.83. The molecule has 2 aromatic rings. The van der Waals surface area contributed by atoms with E-state index in [9.17, 15) is 15.0 Å².